The first-order valence-corrected chi connectivity index (χ1v) is 7.65. The standard InChI is InChI=1S/C18H22N2O/c19-15-8-11-18(17(20)12-15)21-16-9-6-14(7-10-16)13-4-2-1-3-5-13/h6-13H,1-5,19-20H2. The highest BCUT2D eigenvalue weighted by Gasteiger charge is 2.15. The largest absolute Gasteiger partial charge is 0.455 e. The number of hydrogen-bond donors (Lipinski definition) is 2. The Balaban J connectivity index is 1.71. The van der Waals surface area contributed by atoms with Crippen LogP contribution in [0.1, 0.15) is 43.6 Å². The van der Waals surface area contributed by atoms with Crippen molar-refractivity contribution in [3.63, 3.8) is 0 Å². The molecular weight excluding hydrogens is 260 g/mol. The van der Waals surface area contributed by atoms with E-state index in [1.54, 1.807) is 18.2 Å². The van der Waals surface area contributed by atoms with Gasteiger partial charge in [-0.2, -0.15) is 0 Å². The van der Waals surface area contributed by atoms with Gasteiger partial charge in [0.25, 0.3) is 0 Å². The molecule has 21 heavy (non-hydrogen) atoms. The third-order valence-corrected chi connectivity index (χ3v) is 4.22. The van der Waals surface area contributed by atoms with Gasteiger partial charge in [-0.05, 0) is 54.7 Å². The zero-order chi connectivity index (χ0) is 14.7. The first kappa shape index (κ1) is 13.8. The molecule has 0 amide bonds. The van der Waals surface area contributed by atoms with E-state index in [4.69, 9.17) is 16.2 Å². The fraction of sp³-hybridized carbons (Fsp3) is 0.333. The van der Waals surface area contributed by atoms with Crippen LogP contribution in [0.15, 0.2) is 42.5 Å². The SMILES string of the molecule is Nc1ccc(Oc2ccc(C3CCCCC3)cc2)c(N)c1. The number of hydrogen-bond acceptors (Lipinski definition) is 3. The minimum atomic E-state index is 0.561. The van der Waals surface area contributed by atoms with Crippen LogP contribution in [-0.2, 0) is 0 Å². The molecule has 110 valence electrons. The smallest absolute Gasteiger partial charge is 0.150 e. The summed E-state index contributed by atoms with van der Waals surface area (Å²) in [5, 5.41) is 0. The van der Waals surface area contributed by atoms with Gasteiger partial charge in [0.05, 0.1) is 5.69 Å². The summed E-state index contributed by atoms with van der Waals surface area (Å²) in [7, 11) is 0. The van der Waals surface area contributed by atoms with E-state index in [1.807, 2.05) is 12.1 Å². The monoisotopic (exact) mass is 282 g/mol. The summed E-state index contributed by atoms with van der Waals surface area (Å²) >= 11 is 0. The van der Waals surface area contributed by atoms with Crippen LogP contribution in [0.3, 0.4) is 0 Å². The zero-order valence-corrected chi connectivity index (χ0v) is 12.2. The lowest BCUT2D eigenvalue weighted by molar-refractivity contribution is 0.442. The van der Waals surface area contributed by atoms with Gasteiger partial charge < -0.3 is 16.2 Å². The van der Waals surface area contributed by atoms with Crippen molar-refractivity contribution in [2.75, 3.05) is 11.5 Å². The Morgan fingerprint density at radius 1 is 0.857 bits per heavy atom. The summed E-state index contributed by atoms with van der Waals surface area (Å²) in [5.74, 6) is 2.18. The number of nitrogens with two attached hydrogens (primary N) is 2. The lowest BCUT2D eigenvalue weighted by Crippen LogP contribution is -2.04. The molecule has 0 saturated heterocycles. The molecule has 3 rings (SSSR count). The second kappa shape index (κ2) is 6.08. The second-order valence-corrected chi connectivity index (χ2v) is 5.80. The molecule has 0 unspecified atom stereocenters. The molecule has 1 aliphatic carbocycles. The maximum absolute atomic E-state index is 5.91. The van der Waals surface area contributed by atoms with Gasteiger partial charge in [-0.1, -0.05) is 31.4 Å². The predicted octanol–water partition coefficient (Wildman–Crippen LogP) is 4.69. The first-order chi connectivity index (χ1) is 10.2. The summed E-state index contributed by atoms with van der Waals surface area (Å²) in [4.78, 5) is 0. The molecular formula is C18H22N2O. The summed E-state index contributed by atoms with van der Waals surface area (Å²) in [6.07, 6.45) is 6.71. The minimum absolute atomic E-state index is 0.561. The van der Waals surface area contributed by atoms with Gasteiger partial charge in [-0.15, -0.1) is 0 Å². The average Bonchev–Trinajstić information content (AvgIpc) is 2.52. The third kappa shape index (κ3) is 3.30. The molecule has 1 saturated carbocycles. The highest BCUT2D eigenvalue weighted by molar-refractivity contribution is 5.61. The number of benzene rings is 2. The van der Waals surface area contributed by atoms with E-state index in [2.05, 4.69) is 12.1 Å². The van der Waals surface area contributed by atoms with E-state index in [0.29, 0.717) is 17.1 Å². The lowest BCUT2D eigenvalue weighted by Gasteiger charge is -2.22. The van der Waals surface area contributed by atoms with Crippen molar-refractivity contribution in [3.05, 3.63) is 48.0 Å². The number of nitrogen functional groups attached to an aromatic ring is 2. The van der Waals surface area contributed by atoms with Gasteiger partial charge in [0.1, 0.15) is 11.5 Å². The van der Waals surface area contributed by atoms with Crippen LogP contribution < -0.4 is 16.2 Å². The second-order valence-electron chi connectivity index (χ2n) is 5.80. The maximum atomic E-state index is 5.91. The number of rotatable bonds is 3. The highest BCUT2D eigenvalue weighted by Crippen LogP contribution is 2.34. The van der Waals surface area contributed by atoms with E-state index in [0.717, 1.165) is 11.7 Å². The van der Waals surface area contributed by atoms with Crippen molar-refractivity contribution in [2.24, 2.45) is 0 Å². The lowest BCUT2D eigenvalue weighted by atomic mass is 9.84. The molecule has 0 aromatic heterocycles. The summed E-state index contributed by atoms with van der Waals surface area (Å²) in [6, 6.07) is 13.7. The topological polar surface area (TPSA) is 61.3 Å². The Morgan fingerprint density at radius 2 is 1.57 bits per heavy atom. The average molecular weight is 282 g/mol. The van der Waals surface area contributed by atoms with Crippen molar-refractivity contribution in [3.8, 4) is 11.5 Å². The number of ether oxygens (including phenoxy) is 1. The molecule has 0 heterocycles. The molecule has 3 nitrogen and oxygen atoms in total. The number of anilines is 2. The van der Waals surface area contributed by atoms with Crippen LogP contribution in [0.25, 0.3) is 0 Å². The van der Waals surface area contributed by atoms with Gasteiger partial charge in [0.15, 0.2) is 0 Å². The van der Waals surface area contributed by atoms with Crippen LogP contribution in [0.2, 0.25) is 0 Å². The van der Waals surface area contributed by atoms with Crippen molar-refractivity contribution >= 4 is 11.4 Å². The molecule has 1 aliphatic rings. The van der Waals surface area contributed by atoms with Gasteiger partial charge in [0, 0.05) is 5.69 Å². The Kier molecular flexibility index (Phi) is 4.00. The van der Waals surface area contributed by atoms with E-state index in [1.165, 1.54) is 37.7 Å². The first-order valence-electron chi connectivity index (χ1n) is 7.65. The van der Waals surface area contributed by atoms with E-state index in [9.17, 15) is 0 Å². The van der Waals surface area contributed by atoms with Crippen molar-refractivity contribution in [1.82, 2.24) is 0 Å². The quantitative estimate of drug-likeness (QED) is 0.803. The Labute approximate surface area is 125 Å². The minimum Gasteiger partial charge on any atom is -0.455 e. The molecule has 0 spiro atoms. The van der Waals surface area contributed by atoms with E-state index >= 15 is 0 Å². The molecule has 0 atom stereocenters. The van der Waals surface area contributed by atoms with Crippen LogP contribution in [0.4, 0.5) is 11.4 Å². The maximum Gasteiger partial charge on any atom is 0.150 e. The van der Waals surface area contributed by atoms with E-state index < -0.39 is 0 Å². The molecule has 0 aliphatic heterocycles. The fourth-order valence-electron chi connectivity index (χ4n) is 3.03. The summed E-state index contributed by atoms with van der Waals surface area (Å²) in [6.45, 7) is 0. The van der Waals surface area contributed by atoms with Gasteiger partial charge in [-0.25, -0.2) is 0 Å². The highest BCUT2D eigenvalue weighted by atomic mass is 16.5. The normalized spacial score (nSPS) is 15.8. The van der Waals surface area contributed by atoms with Gasteiger partial charge in [0.2, 0.25) is 0 Å². The van der Waals surface area contributed by atoms with Crippen molar-refractivity contribution in [2.45, 2.75) is 38.0 Å². The van der Waals surface area contributed by atoms with Gasteiger partial charge in [-0.3, -0.25) is 0 Å². The van der Waals surface area contributed by atoms with Crippen LogP contribution in [0, 0.1) is 0 Å². The Hall–Kier alpha value is -2.16. The van der Waals surface area contributed by atoms with E-state index in [-0.39, 0.29) is 0 Å². The van der Waals surface area contributed by atoms with Gasteiger partial charge >= 0.3 is 0 Å². The molecule has 1 fully saturated rings. The Morgan fingerprint density at radius 3 is 2.24 bits per heavy atom. The van der Waals surface area contributed by atoms with Crippen molar-refractivity contribution in [1.29, 1.82) is 0 Å². The third-order valence-electron chi connectivity index (χ3n) is 4.22. The molecule has 4 N–H and O–H groups in total. The Bertz CT molecular complexity index is 601. The molecule has 2 aromatic carbocycles. The van der Waals surface area contributed by atoms with Crippen LogP contribution in [-0.4, -0.2) is 0 Å². The summed E-state index contributed by atoms with van der Waals surface area (Å²) in [5.41, 5.74) is 14.2. The fourth-order valence-corrected chi connectivity index (χ4v) is 3.03. The predicted molar refractivity (Wildman–Crippen MR) is 87.6 cm³/mol. The molecule has 0 bridgehead atoms. The van der Waals surface area contributed by atoms with Crippen LogP contribution in [0.5, 0.6) is 11.5 Å². The molecule has 2 aromatic rings. The molecule has 0 radical (unpaired) electrons. The molecule has 3 heteroatoms. The van der Waals surface area contributed by atoms with Crippen molar-refractivity contribution < 1.29 is 4.74 Å². The summed E-state index contributed by atoms with van der Waals surface area (Å²) < 4.78 is 5.83. The van der Waals surface area contributed by atoms with Crippen LogP contribution >= 0.6 is 0 Å². The zero-order valence-electron chi connectivity index (χ0n) is 12.2.